The number of benzene rings is 1. The van der Waals surface area contributed by atoms with Gasteiger partial charge < -0.3 is 0 Å². The van der Waals surface area contributed by atoms with Crippen molar-refractivity contribution in [2.24, 2.45) is 5.84 Å². The van der Waals surface area contributed by atoms with Gasteiger partial charge in [0, 0.05) is 11.0 Å². The van der Waals surface area contributed by atoms with Crippen LogP contribution in [0.2, 0.25) is 0 Å². The molecule has 3 nitrogen and oxygen atoms in total. The molecule has 1 aromatic rings. The van der Waals surface area contributed by atoms with Crippen molar-refractivity contribution in [3.63, 3.8) is 0 Å². The van der Waals surface area contributed by atoms with Crippen molar-refractivity contribution < 1.29 is 4.79 Å². The zero-order chi connectivity index (χ0) is 13.5. The molecule has 2 rings (SSSR count). The molecule has 1 fully saturated rings. The molecule has 1 aliphatic carbocycles. The minimum atomic E-state index is -0.149. The maximum absolute atomic E-state index is 11.2. The molecule has 0 spiro atoms. The number of carbonyl (C=O) groups is 1. The zero-order valence-corrected chi connectivity index (χ0v) is 12.0. The molecule has 104 valence electrons. The summed E-state index contributed by atoms with van der Waals surface area (Å²) in [7, 11) is 0. The van der Waals surface area contributed by atoms with Crippen molar-refractivity contribution in [1.82, 2.24) is 5.43 Å². The number of amides is 1. The first-order chi connectivity index (χ1) is 9.28. The lowest BCUT2D eigenvalue weighted by Crippen LogP contribution is -2.31. The predicted molar refractivity (Wildman–Crippen MR) is 80.6 cm³/mol. The van der Waals surface area contributed by atoms with Crippen LogP contribution in [0.5, 0.6) is 0 Å². The molecule has 0 aliphatic heterocycles. The molecule has 19 heavy (non-hydrogen) atoms. The van der Waals surface area contributed by atoms with Crippen LogP contribution in [0.25, 0.3) is 0 Å². The Morgan fingerprint density at radius 1 is 1.16 bits per heavy atom. The molecule has 0 bridgehead atoms. The lowest BCUT2D eigenvalue weighted by atomic mass is 10.0. The zero-order valence-electron chi connectivity index (χ0n) is 11.2. The van der Waals surface area contributed by atoms with Crippen LogP contribution in [0, 0.1) is 0 Å². The average molecular weight is 278 g/mol. The fourth-order valence-corrected chi connectivity index (χ4v) is 3.72. The van der Waals surface area contributed by atoms with Crippen molar-refractivity contribution in [3.8, 4) is 0 Å². The summed E-state index contributed by atoms with van der Waals surface area (Å²) in [5, 5.41) is 0.844. The van der Waals surface area contributed by atoms with Crippen LogP contribution in [0.15, 0.2) is 24.3 Å². The molecule has 4 heteroatoms. The molecular weight excluding hydrogens is 256 g/mol. The average Bonchev–Trinajstić information content (AvgIpc) is 2.47. The minimum Gasteiger partial charge on any atom is -0.294 e. The Hall–Kier alpha value is -1.00. The molecule has 1 saturated carbocycles. The van der Waals surface area contributed by atoms with E-state index in [-0.39, 0.29) is 5.91 Å². The molecule has 0 atom stereocenters. The third kappa shape index (κ3) is 4.88. The fourth-order valence-electron chi connectivity index (χ4n) is 2.44. The number of nitrogens with two attached hydrogens (primary N) is 1. The van der Waals surface area contributed by atoms with Gasteiger partial charge in [-0.3, -0.25) is 10.2 Å². The van der Waals surface area contributed by atoms with Gasteiger partial charge in [-0.1, -0.05) is 43.5 Å². The second-order valence-electron chi connectivity index (χ2n) is 5.13. The summed E-state index contributed by atoms with van der Waals surface area (Å²) in [5.74, 6) is 6.01. The van der Waals surface area contributed by atoms with Crippen LogP contribution in [0.4, 0.5) is 0 Å². The Balaban J connectivity index is 1.79. The fraction of sp³-hybridized carbons (Fsp3) is 0.533. The van der Waals surface area contributed by atoms with Gasteiger partial charge in [0.2, 0.25) is 5.91 Å². The van der Waals surface area contributed by atoms with Crippen LogP contribution >= 0.6 is 11.8 Å². The first-order valence-electron chi connectivity index (χ1n) is 6.97. The third-order valence-corrected chi connectivity index (χ3v) is 5.03. The van der Waals surface area contributed by atoms with Crippen LogP contribution in [0.1, 0.15) is 43.2 Å². The van der Waals surface area contributed by atoms with Crippen molar-refractivity contribution >= 4 is 17.7 Å². The molecular formula is C15H22N2OS. The molecule has 1 aliphatic rings. The van der Waals surface area contributed by atoms with E-state index in [4.69, 9.17) is 5.84 Å². The van der Waals surface area contributed by atoms with E-state index in [1.165, 1.54) is 37.7 Å². The number of rotatable bonds is 5. The highest BCUT2D eigenvalue weighted by molar-refractivity contribution is 7.99. The SMILES string of the molecule is NNC(=O)Cc1ccc(CSC2CCCCC2)cc1. The molecule has 1 amide bonds. The van der Waals surface area contributed by atoms with Gasteiger partial charge in [-0.15, -0.1) is 0 Å². The lowest BCUT2D eigenvalue weighted by molar-refractivity contribution is -0.120. The molecule has 0 heterocycles. The predicted octanol–water partition coefficient (Wildman–Crippen LogP) is 2.78. The number of nitrogens with one attached hydrogen (secondary N) is 1. The van der Waals surface area contributed by atoms with E-state index in [0.717, 1.165) is 16.6 Å². The Morgan fingerprint density at radius 3 is 2.42 bits per heavy atom. The summed E-state index contributed by atoms with van der Waals surface area (Å²) in [4.78, 5) is 11.2. The number of hydrogen-bond donors (Lipinski definition) is 2. The number of hydrogen-bond acceptors (Lipinski definition) is 3. The van der Waals surface area contributed by atoms with E-state index in [1.807, 2.05) is 12.1 Å². The molecule has 3 N–H and O–H groups in total. The third-order valence-electron chi connectivity index (χ3n) is 3.59. The Kier molecular flexibility index (Phi) is 5.73. The molecule has 1 aromatic carbocycles. The van der Waals surface area contributed by atoms with E-state index in [9.17, 15) is 4.79 Å². The quantitative estimate of drug-likeness (QED) is 0.495. The monoisotopic (exact) mass is 278 g/mol. The second kappa shape index (κ2) is 7.56. The van der Waals surface area contributed by atoms with Gasteiger partial charge in [0.25, 0.3) is 0 Å². The van der Waals surface area contributed by atoms with Crippen LogP contribution in [0.3, 0.4) is 0 Å². The van der Waals surface area contributed by atoms with Crippen LogP contribution < -0.4 is 11.3 Å². The van der Waals surface area contributed by atoms with E-state index in [0.29, 0.717) is 6.42 Å². The van der Waals surface area contributed by atoms with Gasteiger partial charge in [0.15, 0.2) is 0 Å². The van der Waals surface area contributed by atoms with Gasteiger partial charge in [-0.25, -0.2) is 5.84 Å². The van der Waals surface area contributed by atoms with Gasteiger partial charge in [0.1, 0.15) is 0 Å². The normalized spacial score (nSPS) is 16.3. The Labute approximate surface area is 119 Å². The summed E-state index contributed by atoms with van der Waals surface area (Å²) in [5.41, 5.74) is 4.50. The Bertz CT molecular complexity index is 399. The van der Waals surface area contributed by atoms with Gasteiger partial charge in [-0.05, 0) is 24.0 Å². The lowest BCUT2D eigenvalue weighted by Gasteiger charge is -2.20. The smallest absolute Gasteiger partial charge is 0.238 e. The van der Waals surface area contributed by atoms with E-state index in [1.54, 1.807) is 0 Å². The summed E-state index contributed by atoms with van der Waals surface area (Å²) >= 11 is 2.08. The Morgan fingerprint density at radius 2 is 1.79 bits per heavy atom. The maximum atomic E-state index is 11.2. The minimum absolute atomic E-state index is 0.149. The van der Waals surface area contributed by atoms with Crippen molar-refractivity contribution in [2.45, 2.75) is 49.5 Å². The first kappa shape index (κ1) is 14.4. The number of thioether (sulfide) groups is 1. The molecule has 0 saturated heterocycles. The summed E-state index contributed by atoms with van der Waals surface area (Å²) in [6.07, 6.45) is 7.30. The summed E-state index contributed by atoms with van der Waals surface area (Å²) in [6, 6.07) is 8.28. The maximum Gasteiger partial charge on any atom is 0.238 e. The standard InChI is InChI=1S/C15H22N2OS/c16-17-15(18)10-12-6-8-13(9-7-12)11-19-14-4-2-1-3-5-14/h6-9,14H,1-5,10-11,16H2,(H,17,18). The summed E-state index contributed by atoms with van der Waals surface area (Å²) < 4.78 is 0. The summed E-state index contributed by atoms with van der Waals surface area (Å²) in [6.45, 7) is 0. The van der Waals surface area contributed by atoms with Crippen LogP contribution in [-0.2, 0) is 17.0 Å². The van der Waals surface area contributed by atoms with E-state index < -0.39 is 0 Å². The van der Waals surface area contributed by atoms with E-state index >= 15 is 0 Å². The first-order valence-corrected chi connectivity index (χ1v) is 8.01. The topological polar surface area (TPSA) is 55.1 Å². The van der Waals surface area contributed by atoms with Gasteiger partial charge >= 0.3 is 0 Å². The highest BCUT2D eigenvalue weighted by Crippen LogP contribution is 2.30. The second-order valence-corrected chi connectivity index (χ2v) is 6.42. The molecule has 0 radical (unpaired) electrons. The highest BCUT2D eigenvalue weighted by atomic mass is 32.2. The van der Waals surface area contributed by atoms with Crippen molar-refractivity contribution in [1.29, 1.82) is 0 Å². The van der Waals surface area contributed by atoms with Crippen molar-refractivity contribution in [2.75, 3.05) is 0 Å². The van der Waals surface area contributed by atoms with Gasteiger partial charge in [0.05, 0.1) is 6.42 Å². The van der Waals surface area contributed by atoms with Gasteiger partial charge in [-0.2, -0.15) is 11.8 Å². The van der Waals surface area contributed by atoms with Crippen molar-refractivity contribution in [3.05, 3.63) is 35.4 Å². The number of carbonyl (C=O) groups excluding carboxylic acids is 1. The van der Waals surface area contributed by atoms with E-state index in [2.05, 4.69) is 29.3 Å². The van der Waals surface area contributed by atoms with Crippen LogP contribution in [-0.4, -0.2) is 11.2 Å². The number of hydrazine groups is 1. The largest absolute Gasteiger partial charge is 0.294 e. The highest BCUT2D eigenvalue weighted by Gasteiger charge is 2.13. The molecule has 0 aromatic heterocycles. The molecule has 0 unspecified atom stereocenters.